The van der Waals surface area contributed by atoms with E-state index < -0.39 is 12.1 Å². The molecule has 2 aromatic rings. The summed E-state index contributed by atoms with van der Waals surface area (Å²) in [4.78, 5) is 52.7. The average molecular weight is 443 g/mol. The van der Waals surface area contributed by atoms with Crippen LogP contribution in [0.4, 0.5) is 4.79 Å². The van der Waals surface area contributed by atoms with Crippen molar-refractivity contribution in [1.82, 2.24) is 20.5 Å². The molecule has 1 aromatic heterocycles. The lowest BCUT2D eigenvalue weighted by Crippen LogP contribution is -2.48. The number of pyridine rings is 1. The van der Waals surface area contributed by atoms with Crippen LogP contribution in [0.25, 0.3) is 10.9 Å². The Kier molecular flexibility index (Phi) is 7.50. The lowest BCUT2D eigenvalue weighted by molar-refractivity contribution is -0.132. The number of alkyl carbamates (subject to hydrolysis) is 1. The summed E-state index contributed by atoms with van der Waals surface area (Å²) in [6, 6.07) is 6.56. The number of carbonyl (C=O) groups is 3. The van der Waals surface area contributed by atoms with Gasteiger partial charge in [0.05, 0.1) is 13.5 Å². The maximum absolute atomic E-state index is 12.8. The van der Waals surface area contributed by atoms with Crippen molar-refractivity contribution in [2.45, 2.75) is 38.6 Å². The van der Waals surface area contributed by atoms with Gasteiger partial charge in [-0.3, -0.25) is 14.4 Å². The zero-order valence-corrected chi connectivity index (χ0v) is 18.7. The number of benzene rings is 1. The monoisotopic (exact) mass is 442 g/mol. The molecule has 2 heterocycles. The molecule has 3 rings (SSSR count). The van der Waals surface area contributed by atoms with Crippen LogP contribution in [-0.2, 0) is 20.7 Å². The standard InChI is InChI=1S/C23H30N4O5/c1-14-10-20(28)25-18-5-4-16(11-17(14)18)13-21(29)27-8-6-15(7-9-27)12-19(22(30)24-2)26-23(31)32-3/h4-5,10-11,15,19H,6-9,12-13H2,1-3H3,(H,24,30)(H,25,28)(H,26,31). The molecule has 1 aromatic carbocycles. The number of hydrogen-bond acceptors (Lipinski definition) is 5. The number of nitrogens with one attached hydrogen (secondary N) is 3. The van der Waals surface area contributed by atoms with Crippen LogP contribution in [0.2, 0.25) is 0 Å². The van der Waals surface area contributed by atoms with E-state index in [0.29, 0.717) is 25.9 Å². The number of methoxy groups -OCH3 is 1. The summed E-state index contributed by atoms with van der Waals surface area (Å²) in [6.45, 7) is 3.11. The van der Waals surface area contributed by atoms with E-state index in [-0.39, 0.29) is 23.3 Å². The van der Waals surface area contributed by atoms with Gasteiger partial charge >= 0.3 is 6.09 Å². The quantitative estimate of drug-likeness (QED) is 0.626. The Bertz CT molecular complexity index is 1060. The Morgan fingerprint density at radius 2 is 1.94 bits per heavy atom. The van der Waals surface area contributed by atoms with E-state index in [2.05, 4.69) is 20.4 Å². The number of amides is 3. The summed E-state index contributed by atoms with van der Waals surface area (Å²) < 4.78 is 4.61. The Morgan fingerprint density at radius 3 is 2.59 bits per heavy atom. The number of carbonyl (C=O) groups excluding carboxylic acids is 3. The van der Waals surface area contributed by atoms with E-state index in [1.807, 2.05) is 30.0 Å². The molecule has 0 saturated carbocycles. The number of rotatable bonds is 6. The number of likely N-dealkylation sites (N-methyl/N-ethyl adjacent to an activating group) is 1. The molecular weight excluding hydrogens is 412 g/mol. The minimum Gasteiger partial charge on any atom is -0.453 e. The Hall–Kier alpha value is -3.36. The Balaban J connectivity index is 1.57. The minimum atomic E-state index is -0.660. The molecule has 32 heavy (non-hydrogen) atoms. The summed E-state index contributed by atoms with van der Waals surface area (Å²) in [6.07, 6.45) is 1.68. The molecule has 1 aliphatic rings. The molecule has 0 spiro atoms. The molecule has 3 amide bonds. The van der Waals surface area contributed by atoms with Gasteiger partial charge in [-0.15, -0.1) is 0 Å². The topological polar surface area (TPSA) is 121 Å². The normalized spacial score (nSPS) is 15.3. The highest BCUT2D eigenvalue weighted by molar-refractivity contribution is 5.86. The maximum Gasteiger partial charge on any atom is 0.407 e. The largest absolute Gasteiger partial charge is 0.453 e. The second-order valence-corrected chi connectivity index (χ2v) is 8.24. The number of nitrogens with zero attached hydrogens (tertiary/aromatic N) is 1. The minimum absolute atomic E-state index is 0.0559. The molecule has 1 saturated heterocycles. The average Bonchev–Trinajstić information content (AvgIpc) is 2.78. The third-order valence-corrected chi connectivity index (χ3v) is 6.05. The molecule has 172 valence electrons. The number of likely N-dealkylation sites (tertiary alicyclic amines) is 1. The van der Waals surface area contributed by atoms with Crippen LogP contribution in [0.5, 0.6) is 0 Å². The highest BCUT2D eigenvalue weighted by Crippen LogP contribution is 2.23. The Morgan fingerprint density at radius 1 is 1.22 bits per heavy atom. The summed E-state index contributed by atoms with van der Waals surface area (Å²) in [7, 11) is 2.79. The first-order chi connectivity index (χ1) is 15.3. The lowest BCUT2D eigenvalue weighted by atomic mass is 9.89. The first kappa shape index (κ1) is 23.3. The molecule has 9 heteroatoms. The summed E-state index contributed by atoms with van der Waals surface area (Å²) in [5, 5.41) is 6.08. The molecule has 9 nitrogen and oxygen atoms in total. The van der Waals surface area contributed by atoms with Gasteiger partial charge in [0.1, 0.15) is 6.04 Å². The van der Waals surface area contributed by atoms with E-state index in [1.54, 1.807) is 6.07 Å². The molecule has 0 aliphatic carbocycles. The number of aromatic nitrogens is 1. The highest BCUT2D eigenvalue weighted by Gasteiger charge is 2.28. The first-order valence-electron chi connectivity index (χ1n) is 10.8. The predicted octanol–water partition coefficient (Wildman–Crippen LogP) is 1.48. The second-order valence-electron chi connectivity index (χ2n) is 8.24. The third-order valence-electron chi connectivity index (χ3n) is 6.05. The molecule has 1 aliphatic heterocycles. The number of fused-ring (bicyclic) bond motifs is 1. The zero-order valence-electron chi connectivity index (χ0n) is 18.7. The van der Waals surface area contributed by atoms with Crippen LogP contribution in [0.1, 0.15) is 30.4 Å². The lowest BCUT2D eigenvalue weighted by Gasteiger charge is -2.33. The van der Waals surface area contributed by atoms with Gasteiger partial charge in [-0.05, 0) is 55.4 Å². The summed E-state index contributed by atoms with van der Waals surface area (Å²) in [5.41, 5.74) is 2.41. The smallest absolute Gasteiger partial charge is 0.407 e. The highest BCUT2D eigenvalue weighted by atomic mass is 16.5. The molecule has 3 N–H and O–H groups in total. The van der Waals surface area contributed by atoms with Crippen molar-refractivity contribution in [2.75, 3.05) is 27.2 Å². The van der Waals surface area contributed by atoms with Gasteiger partial charge in [-0.2, -0.15) is 0 Å². The van der Waals surface area contributed by atoms with Crippen molar-refractivity contribution in [2.24, 2.45) is 5.92 Å². The van der Waals surface area contributed by atoms with Crippen LogP contribution < -0.4 is 16.2 Å². The fourth-order valence-electron chi connectivity index (χ4n) is 4.22. The first-order valence-corrected chi connectivity index (χ1v) is 10.8. The van der Waals surface area contributed by atoms with Crippen molar-refractivity contribution in [3.05, 3.63) is 45.7 Å². The van der Waals surface area contributed by atoms with Gasteiger partial charge < -0.3 is 25.3 Å². The second kappa shape index (κ2) is 10.3. The van der Waals surface area contributed by atoms with Gasteiger partial charge in [0.2, 0.25) is 17.4 Å². The van der Waals surface area contributed by atoms with Crippen LogP contribution in [0.15, 0.2) is 29.1 Å². The van der Waals surface area contributed by atoms with Crippen LogP contribution in [0, 0.1) is 12.8 Å². The van der Waals surface area contributed by atoms with Crippen LogP contribution in [0.3, 0.4) is 0 Å². The van der Waals surface area contributed by atoms with E-state index in [0.717, 1.165) is 34.9 Å². The number of piperidine rings is 1. The van der Waals surface area contributed by atoms with E-state index in [4.69, 9.17) is 0 Å². The van der Waals surface area contributed by atoms with Crippen molar-refractivity contribution in [3.8, 4) is 0 Å². The van der Waals surface area contributed by atoms with Gasteiger partial charge in [-0.25, -0.2) is 4.79 Å². The molecule has 1 fully saturated rings. The molecule has 1 unspecified atom stereocenters. The van der Waals surface area contributed by atoms with Gasteiger partial charge in [0.25, 0.3) is 0 Å². The van der Waals surface area contributed by atoms with Crippen LogP contribution in [-0.4, -0.2) is 61.1 Å². The number of ether oxygens (including phenoxy) is 1. The third kappa shape index (κ3) is 5.66. The van der Waals surface area contributed by atoms with Crippen LogP contribution >= 0.6 is 0 Å². The Labute approximate surface area is 186 Å². The summed E-state index contributed by atoms with van der Waals surface area (Å²) >= 11 is 0. The molecule has 1 atom stereocenters. The predicted molar refractivity (Wildman–Crippen MR) is 120 cm³/mol. The zero-order chi connectivity index (χ0) is 23.3. The van der Waals surface area contributed by atoms with Crippen molar-refractivity contribution >= 4 is 28.8 Å². The maximum atomic E-state index is 12.8. The number of H-pyrrole nitrogens is 1. The number of aryl methyl sites for hydroxylation is 1. The van der Waals surface area contributed by atoms with Crippen molar-refractivity contribution < 1.29 is 19.1 Å². The van der Waals surface area contributed by atoms with E-state index >= 15 is 0 Å². The molecular formula is C23H30N4O5. The number of hydrogen-bond donors (Lipinski definition) is 3. The van der Waals surface area contributed by atoms with E-state index in [9.17, 15) is 19.2 Å². The molecule has 0 radical (unpaired) electrons. The van der Waals surface area contributed by atoms with Gasteiger partial charge in [0, 0.05) is 37.1 Å². The fourth-order valence-corrected chi connectivity index (χ4v) is 4.22. The SMILES string of the molecule is CNC(=O)C(CC1CCN(C(=O)Cc2ccc3[nH]c(=O)cc(C)c3c2)CC1)NC(=O)OC. The van der Waals surface area contributed by atoms with E-state index in [1.165, 1.54) is 14.2 Å². The van der Waals surface area contributed by atoms with Crippen molar-refractivity contribution in [1.29, 1.82) is 0 Å². The summed E-state index contributed by atoms with van der Waals surface area (Å²) in [5.74, 6) is 0.0147. The van der Waals surface area contributed by atoms with Gasteiger partial charge in [-0.1, -0.05) is 6.07 Å². The molecule has 0 bridgehead atoms. The fraction of sp³-hybridized carbons (Fsp3) is 0.478. The number of aromatic amines is 1. The van der Waals surface area contributed by atoms with Gasteiger partial charge in [0.15, 0.2) is 0 Å². The van der Waals surface area contributed by atoms with Crippen molar-refractivity contribution in [3.63, 3.8) is 0 Å².